The van der Waals surface area contributed by atoms with Gasteiger partial charge in [0.15, 0.2) is 12.5 Å². The zero-order chi connectivity index (χ0) is 37.6. The third-order valence-electron chi connectivity index (χ3n) is 10.3. The summed E-state index contributed by atoms with van der Waals surface area (Å²) in [6, 6.07) is 16.0. The van der Waals surface area contributed by atoms with Gasteiger partial charge >= 0.3 is 6.18 Å². The highest BCUT2D eigenvalue weighted by atomic mass is 32.2. The number of ketones is 1. The number of amides is 1. The first-order chi connectivity index (χ1) is 25.4. The Hall–Kier alpha value is -4.31. The second-order valence-corrected chi connectivity index (χ2v) is 15.7. The van der Waals surface area contributed by atoms with Crippen LogP contribution in [0.15, 0.2) is 86.8 Å². The molecule has 1 aliphatic carbocycles. The number of nitrogens with one attached hydrogen (secondary N) is 3. The molecule has 3 aromatic carbocycles. The molecule has 11 nitrogen and oxygen atoms in total. The summed E-state index contributed by atoms with van der Waals surface area (Å²) in [5, 5.41) is 13.9. The first-order valence-electron chi connectivity index (χ1n) is 18.0. The molecular weight excluding hydrogens is 708 g/mol. The highest BCUT2D eigenvalue weighted by Gasteiger charge is 2.36. The molecule has 15 heteroatoms. The number of Topliss-reactive ketones (excluding diaryl/α,β-unsaturated/α-hetero) is 1. The van der Waals surface area contributed by atoms with Crippen molar-refractivity contribution < 1.29 is 31.2 Å². The summed E-state index contributed by atoms with van der Waals surface area (Å²) in [6.45, 7) is 2.09. The number of benzene rings is 3. The molecule has 282 valence electrons. The molecule has 1 saturated carbocycles. The van der Waals surface area contributed by atoms with Gasteiger partial charge in [0.25, 0.3) is 0 Å². The largest absolute Gasteiger partial charge is 0.417 e. The number of azo groups is 1. The van der Waals surface area contributed by atoms with E-state index in [-0.39, 0.29) is 54.3 Å². The van der Waals surface area contributed by atoms with Crippen molar-refractivity contribution in [1.82, 2.24) is 10.0 Å². The molecule has 1 atom stereocenters. The topological polar surface area (TPSA) is 167 Å². The van der Waals surface area contributed by atoms with Gasteiger partial charge in [-0.05, 0) is 124 Å². The summed E-state index contributed by atoms with van der Waals surface area (Å²) in [5.74, 6) is -0.331. The summed E-state index contributed by atoms with van der Waals surface area (Å²) in [5.41, 5.74) is 6.78. The molecule has 0 bridgehead atoms. The van der Waals surface area contributed by atoms with E-state index in [4.69, 9.17) is 5.73 Å². The van der Waals surface area contributed by atoms with Crippen LogP contribution in [-0.2, 0) is 32.2 Å². The smallest absolute Gasteiger partial charge is 0.330 e. The fraction of sp³-hybridized carbons (Fsp3) is 0.447. The Labute approximate surface area is 307 Å². The van der Waals surface area contributed by atoms with Crippen LogP contribution in [-0.4, -0.2) is 58.3 Å². The van der Waals surface area contributed by atoms with Gasteiger partial charge in [0.1, 0.15) is 5.78 Å². The molecule has 0 spiro atoms. The molecule has 3 aliphatic rings. The van der Waals surface area contributed by atoms with E-state index in [0.717, 1.165) is 31.2 Å². The number of hydrogen-bond donors (Lipinski definition) is 4. The molecule has 2 aliphatic heterocycles. The van der Waals surface area contributed by atoms with Crippen LogP contribution in [0.2, 0.25) is 0 Å². The summed E-state index contributed by atoms with van der Waals surface area (Å²) < 4.78 is 71.8. The van der Waals surface area contributed by atoms with E-state index in [1.54, 1.807) is 36.4 Å². The van der Waals surface area contributed by atoms with E-state index in [1.165, 1.54) is 24.3 Å². The van der Waals surface area contributed by atoms with Crippen molar-refractivity contribution in [3.63, 3.8) is 0 Å². The van der Waals surface area contributed by atoms with Crippen molar-refractivity contribution in [2.24, 2.45) is 38.7 Å². The molecule has 0 unspecified atom stereocenters. The van der Waals surface area contributed by atoms with Gasteiger partial charge < -0.3 is 16.4 Å². The van der Waals surface area contributed by atoms with Crippen LogP contribution in [0.25, 0.3) is 11.1 Å². The van der Waals surface area contributed by atoms with Crippen molar-refractivity contribution in [3.8, 4) is 11.1 Å². The number of aliphatic imine (C=N–C) groups is 1. The lowest BCUT2D eigenvalue weighted by molar-refractivity contribution is -0.137. The second-order valence-electron chi connectivity index (χ2n) is 14.0. The molecular formula is C38H44F3N7O4S. The maximum atomic E-state index is 14.4. The van der Waals surface area contributed by atoms with Crippen LogP contribution in [0.3, 0.4) is 0 Å². The lowest BCUT2D eigenvalue weighted by Crippen LogP contribution is -2.42. The monoisotopic (exact) mass is 751 g/mol. The number of sulfonamides is 1. The molecule has 3 aromatic rings. The average Bonchev–Trinajstić information content (AvgIpc) is 3.70. The van der Waals surface area contributed by atoms with Crippen molar-refractivity contribution in [1.29, 1.82) is 0 Å². The van der Waals surface area contributed by atoms with Crippen LogP contribution in [0.1, 0.15) is 61.6 Å². The number of amidine groups is 1. The predicted molar refractivity (Wildman–Crippen MR) is 196 cm³/mol. The summed E-state index contributed by atoms with van der Waals surface area (Å²) in [4.78, 5) is 31.0. The van der Waals surface area contributed by atoms with E-state index >= 15 is 0 Å². The van der Waals surface area contributed by atoms with Crippen molar-refractivity contribution in [2.45, 2.75) is 68.5 Å². The zero-order valence-corrected chi connectivity index (χ0v) is 30.1. The predicted octanol–water partition coefficient (Wildman–Crippen LogP) is 6.09. The van der Waals surface area contributed by atoms with Gasteiger partial charge in [-0.25, -0.2) is 18.1 Å². The van der Waals surface area contributed by atoms with E-state index in [0.29, 0.717) is 61.5 Å². The Morgan fingerprint density at radius 1 is 0.906 bits per heavy atom. The SMILES string of the molecule is NCC1CCC(C(=O)C[C@@H](Cc2ccc(-c3ccc(S(=O)(=O)NC4CCNCC4)cc3C(F)(F)F)cc2)C(=O)Nc2ccc(C3=NCN=N3)cc2)CC1. The van der Waals surface area contributed by atoms with Gasteiger partial charge in [-0.15, -0.1) is 5.11 Å². The molecule has 1 saturated heterocycles. The van der Waals surface area contributed by atoms with E-state index < -0.39 is 32.6 Å². The van der Waals surface area contributed by atoms with Crippen molar-refractivity contribution in [3.05, 3.63) is 83.4 Å². The summed E-state index contributed by atoms with van der Waals surface area (Å²) in [7, 11) is -4.18. The average molecular weight is 752 g/mol. The Morgan fingerprint density at radius 3 is 2.21 bits per heavy atom. The number of carbonyl (C=O) groups is 2. The minimum atomic E-state index is -4.83. The highest BCUT2D eigenvalue weighted by Crippen LogP contribution is 2.39. The maximum absolute atomic E-state index is 14.4. The quantitative estimate of drug-likeness (QED) is 0.165. The Kier molecular flexibility index (Phi) is 12.2. The molecule has 2 fully saturated rings. The molecule has 2 heterocycles. The highest BCUT2D eigenvalue weighted by molar-refractivity contribution is 7.89. The lowest BCUT2D eigenvalue weighted by atomic mass is 9.77. The Balaban J connectivity index is 1.20. The molecule has 0 aromatic heterocycles. The first kappa shape index (κ1) is 38.4. The van der Waals surface area contributed by atoms with Crippen LogP contribution < -0.4 is 21.1 Å². The number of alkyl halides is 3. The van der Waals surface area contributed by atoms with E-state index in [1.807, 2.05) is 0 Å². The minimum absolute atomic E-state index is 0.0108. The van der Waals surface area contributed by atoms with Crippen LogP contribution in [0, 0.1) is 17.8 Å². The number of nitrogens with two attached hydrogens (primary N) is 1. The van der Waals surface area contributed by atoms with Gasteiger partial charge in [-0.2, -0.15) is 18.3 Å². The van der Waals surface area contributed by atoms with E-state index in [2.05, 4.69) is 30.6 Å². The lowest BCUT2D eigenvalue weighted by Gasteiger charge is -2.27. The van der Waals surface area contributed by atoms with Gasteiger partial charge in [-0.3, -0.25) is 9.59 Å². The fourth-order valence-electron chi connectivity index (χ4n) is 7.22. The summed E-state index contributed by atoms with van der Waals surface area (Å²) in [6.07, 6.45) is -0.372. The van der Waals surface area contributed by atoms with Crippen molar-refractivity contribution >= 4 is 33.2 Å². The third kappa shape index (κ3) is 9.82. The number of halogens is 3. The molecule has 6 rings (SSSR count). The Morgan fingerprint density at radius 2 is 1.58 bits per heavy atom. The standard InChI is InChI=1S/C38H44F3N7O4S/c39-38(40,41)34-21-32(53(51,52)48-31-15-17-43-18-16-31)13-14-33(34)26-5-1-24(2-6-26)19-29(20-35(49)27-7-3-25(22-42)4-8-27)37(50)46-30-11-9-28(10-12-30)36-44-23-45-47-36/h1-2,5-6,9-14,21,25,27,29,31,43,48H,3-4,7-8,15-20,22-23,42H2,(H,46,50)/t25?,27?,29-/m1/s1. The van der Waals surface area contributed by atoms with Crippen LogP contribution in [0.5, 0.6) is 0 Å². The Bertz CT molecular complexity index is 1940. The number of nitrogens with zero attached hydrogens (tertiary/aromatic N) is 3. The summed E-state index contributed by atoms with van der Waals surface area (Å²) >= 11 is 0. The number of hydrogen-bond acceptors (Lipinski definition) is 9. The van der Waals surface area contributed by atoms with Gasteiger partial charge in [0, 0.05) is 35.5 Å². The molecule has 1 amide bonds. The fourth-order valence-corrected chi connectivity index (χ4v) is 8.55. The van der Waals surface area contributed by atoms with Crippen LogP contribution >= 0.6 is 0 Å². The van der Waals surface area contributed by atoms with Gasteiger partial charge in [-0.1, -0.05) is 30.3 Å². The molecule has 5 N–H and O–H groups in total. The minimum Gasteiger partial charge on any atom is -0.330 e. The molecule has 53 heavy (non-hydrogen) atoms. The maximum Gasteiger partial charge on any atom is 0.417 e. The third-order valence-corrected chi connectivity index (χ3v) is 11.8. The number of anilines is 1. The van der Waals surface area contributed by atoms with Crippen LogP contribution in [0.4, 0.5) is 18.9 Å². The molecule has 0 radical (unpaired) electrons. The van der Waals surface area contributed by atoms with Gasteiger partial charge in [0.05, 0.1) is 10.5 Å². The number of piperidine rings is 1. The normalized spacial score (nSPS) is 20.2. The van der Waals surface area contributed by atoms with Gasteiger partial charge in [0.2, 0.25) is 15.9 Å². The first-order valence-corrected chi connectivity index (χ1v) is 19.5. The van der Waals surface area contributed by atoms with Crippen molar-refractivity contribution in [2.75, 3.05) is 31.6 Å². The second kappa shape index (κ2) is 16.8. The number of carbonyl (C=O) groups excluding carboxylic acids is 2. The van der Waals surface area contributed by atoms with E-state index in [9.17, 15) is 31.2 Å². The number of rotatable bonds is 13. The zero-order valence-electron chi connectivity index (χ0n) is 29.2.